The number of rotatable bonds is 9. The van der Waals surface area contributed by atoms with Gasteiger partial charge < -0.3 is 14.8 Å². The summed E-state index contributed by atoms with van der Waals surface area (Å²) in [6, 6.07) is 13.4. The number of nitrogens with zero attached hydrogens (tertiary/aromatic N) is 1. The number of sulfonamides is 1. The fourth-order valence-corrected chi connectivity index (χ4v) is 4.55. The average molecular weight is 419 g/mol. The van der Waals surface area contributed by atoms with E-state index in [1.54, 1.807) is 24.3 Å². The van der Waals surface area contributed by atoms with Crippen LogP contribution in [0.2, 0.25) is 0 Å². The predicted molar refractivity (Wildman–Crippen MR) is 111 cm³/mol. The summed E-state index contributed by atoms with van der Waals surface area (Å²) in [5.41, 5.74) is 0.509. The number of benzene rings is 2. The predicted octanol–water partition coefficient (Wildman–Crippen LogP) is 3.28. The van der Waals surface area contributed by atoms with E-state index < -0.39 is 10.0 Å². The highest BCUT2D eigenvalue weighted by molar-refractivity contribution is 7.89. The van der Waals surface area contributed by atoms with Gasteiger partial charge in [0.25, 0.3) is 5.91 Å². The number of anilines is 1. The van der Waals surface area contributed by atoms with Crippen molar-refractivity contribution in [3.05, 3.63) is 48.5 Å². The van der Waals surface area contributed by atoms with Gasteiger partial charge in [-0.05, 0) is 55.7 Å². The summed E-state index contributed by atoms with van der Waals surface area (Å²) in [5, 5.41) is 2.71. The first-order valence-corrected chi connectivity index (χ1v) is 11.2. The molecule has 2 aromatic rings. The van der Waals surface area contributed by atoms with Crippen LogP contribution in [0.1, 0.15) is 26.2 Å². The van der Waals surface area contributed by atoms with E-state index in [0.717, 1.165) is 19.3 Å². The van der Waals surface area contributed by atoms with Gasteiger partial charge in [0.05, 0.1) is 11.5 Å². The molecule has 1 fully saturated rings. The lowest BCUT2D eigenvalue weighted by atomic mass is 10.3. The number of hydrogen-bond acceptors (Lipinski definition) is 5. The molecule has 0 aliphatic carbocycles. The largest absolute Gasteiger partial charge is 0.490 e. The molecular weight excluding hydrogens is 392 g/mol. The molecule has 3 rings (SSSR count). The molecule has 0 bridgehead atoms. The lowest BCUT2D eigenvalue weighted by Gasteiger charge is -2.16. The van der Waals surface area contributed by atoms with Crippen molar-refractivity contribution in [2.45, 2.75) is 31.1 Å². The smallest absolute Gasteiger partial charge is 0.262 e. The van der Waals surface area contributed by atoms with Gasteiger partial charge >= 0.3 is 0 Å². The molecule has 0 radical (unpaired) electrons. The molecule has 7 nitrogen and oxygen atoms in total. The third kappa shape index (κ3) is 5.48. The Morgan fingerprint density at radius 2 is 1.62 bits per heavy atom. The molecule has 156 valence electrons. The first-order valence-electron chi connectivity index (χ1n) is 9.75. The maximum Gasteiger partial charge on any atom is 0.262 e. The molecule has 29 heavy (non-hydrogen) atoms. The van der Waals surface area contributed by atoms with Crippen LogP contribution >= 0.6 is 0 Å². The van der Waals surface area contributed by atoms with Gasteiger partial charge in [0.2, 0.25) is 10.0 Å². The van der Waals surface area contributed by atoms with E-state index in [1.165, 1.54) is 16.4 Å². The second-order valence-corrected chi connectivity index (χ2v) is 8.71. The highest BCUT2D eigenvalue weighted by atomic mass is 32.2. The lowest BCUT2D eigenvalue weighted by molar-refractivity contribution is -0.118. The molecule has 1 amide bonds. The zero-order valence-electron chi connectivity index (χ0n) is 16.5. The molecule has 1 aliphatic rings. The summed E-state index contributed by atoms with van der Waals surface area (Å²) in [5.74, 6) is 0.757. The Kier molecular flexibility index (Phi) is 7.11. The maximum absolute atomic E-state index is 12.5. The standard InChI is InChI=1S/C21H26N2O5S/c1-2-15-27-19-7-3-4-8-20(19)28-16-21(24)22-17-9-11-18(12-10-17)29(25,26)23-13-5-6-14-23/h3-4,7-12H,2,5-6,13-16H2,1H3,(H,22,24). The van der Waals surface area contributed by atoms with Crippen LogP contribution in [0.3, 0.4) is 0 Å². The highest BCUT2D eigenvalue weighted by Gasteiger charge is 2.26. The van der Waals surface area contributed by atoms with E-state index in [4.69, 9.17) is 9.47 Å². The van der Waals surface area contributed by atoms with Crippen LogP contribution in [0.25, 0.3) is 0 Å². The highest BCUT2D eigenvalue weighted by Crippen LogP contribution is 2.26. The van der Waals surface area contributed by atoms with Crippen molar-refractivity contribution in [3.8, 4) is 11.5 Å². The lowest BCUT2D eigenvalue weighted by Crippen LogP contribution is -2.27. The minimum atomic E-state index is -3.46. The molecule has 1 N–H and O–H groups in total. The van der Waals surface area contributed by atoms with Gasteiger partial charge in [-0.1, -0.05) is 19.1 Å². The quantitative estimate of drug-likeness (QED) is 0.676. The number of hydrogen-bond donors (Lipinski definition) is 1. The second-order valence-electron chi connectivity index (χ2n) is 6.77. The van der Waals surface area contributed by atoms with Gasteiger partial charge in [-0.25, -0.2) is 8.42 Å². The average Bonchev–Trinajstić information content (AvgIpc) is 3.27. The fourth-order valence-electron chi connectivity index (χ4n) is 3.03. The third-order valence-corrected chi connectivity index (χ3v) is 6.42. The molecule has 1 heterocycles. The van der Waals surface area contributed by atoms with Gasteiger partial charge in [-0.2, -0.15) is 4.31 Å². The summed E-state index contributed by atoms with van der Waals surface area (Å²) >= 11 is 0. The van der Waals surface area contributed by atoms with Crippen molar-refractivity contribution in [1.29, 1.82) is 0 Å². The molecule has 0 spiro atoms. The Balaban J connectivity index is 1.56. The molecular formula is C21H26N2O5S. The van der Waals surface area contributed by atoms with Crippen molar-refractivity contribution in [2.75, 3.05) is 31.6 Å². The SMILES string of the molecule is CCCOc1ccccc1OCC(=O)Nc1ccc(S(=O)(=O)N2CCCC2)cc1. The number of amides is 1. The first kappa shape index (κ1) is 21.1. The zero-order valence-corrected chi connectivity index (χ0v) is 17.3. The van der Waals surface area contributed by atoms with Gasteiger partial charge in [0, 0.05) is 18.8 Å². The summed E-state index contributed by atoms with van der Waals surface area (Å²) in [6.45, 7) is 3.52. The minimum Gasteiger partial charge on any atom is -0.490 e. The monoisotopic (exact) mass is 418 g/mol. The molecule has 0 aromatic heterocycles. The third-order valence-electron chi connectivity index (χ3n) is 4.51. The van der Waals surface area contributed by atoms with Gasteiger partial charge in [-0.15, -0.1) is 0 Å². The van der Waals surface area contributed by atoms with E-state index in [2.05, 4.69) is 5.32 Å². The molecule has 0 unspecified atom stereocenters. The molecule has 1 saturated heterocycles. The topological polar surface area (TPSA) is 84.9 Å². The number of ether oxygens (including phenoxy) is 2. The number of nitrogens with one attached hydrogen (secondary N) is 1. The molecule has 8 heteroatoms. The number of para-hydroxylation sites is 2. The van der Waals surface area contributed by atoms with Crippen LogP contribution < -0.4 is 14.8 Å². The molecule has 2 aromatic carbocycles. The Labute approximate surface area is 171 Å². The van der Waals surface area contributed by atoms with E-state index in [1.807, 2.05) is 19.1 Å². The van der Waals surface area contributed by atoms with Crippen molar-refractivity contribution < 1.29 is 22.7 Å². The minimum absolute atomic E-state index is 0.180. The zero-order chi connectivity index (χ0) is 20.7. The van der Waals surface area contributed by atoms with E-state index in [0.29, 0.717) is 36.9 Å². The molecule has 0 saturated carbocycles. The maximum atomic E-state index is 12.5. The Bertz CT molecular complexity index is 922. The van der Waals surface area contributed by atoms with Gasteiger partial charge in [0.15, 0.2) is 18.1 Å². The second kappa shape index (κ2) is 9.76. The summed E-state index contributed by atoms with van der Waals surface area (Å²) in [4.78, 5) is 12.4. The van der Waals surface area contributed by atoms with E-state index >= 15 is 0 Å². The van der Waals surface area contributed by atoms with Crippen LogP contribution in [0.15, 0.2) is 53.4 Å². The van der Waals surface area contributed by atoms with Crippen LogP contribution in [0.5, 0.6) is 11.5 Å². The molecule has 1 aliphatic heterocycles. The van der Waals surface area contributed by atoms with E-state index in [-0.39, 0.29) is 17.4 Å². The van der Waals surface area contributed by atoms with E-state index in [9.17, 15) is 13.2 Å². The summed E-state index contributed by atoms with van der Waals surface area (Å²) in [7, 11) is -3.46. The van der Waals surface area contributed by atoms with Crippen LogP contribution in [0, 0.1) is 0 Å². The first-order chi connectivity index (χ1) is 14.0. The van der Waals surface area contributed by atoms with Crippen molar-refractivity contribution in [2.24, 2.45) is 0 Å². The molecule has 0 atom stereocenters. The normalized spacial score (nSPS) is 14.5. The Morgan fingerprint density at radius 3 is 2.24 bits per heavy atom. The van der Waals surface area contributed by atoms with Gasteiger partial charge in [0.1, 0.15) is 0 Å². The number of carbonyl (C=O) groups excluding carboxylic acids is 1. The van der Waals surface area contributed by atoms with Crippen LogP contribution in [-0.2, 0) is 14.8 Å². The summed E-state index contributed by atoms with van der Waals surface area (Å²) < 4.78 is 37.8. The van der Waals surface area contributed by atoms with Gasteiger partial charge in [-0.3, -0.25) is 4.79 Å². The number of carbonyl (C=O) groups is 1. The fraction of sp³-hybridized carbons (Fsp3) is 0.381. The van der Waals surface area contributed by atoms with Crippen LogP contribution in [0.4, 0.5) is 5.69 Å². The summed E-state index contributed by atoms with van der Waals surface area (Å²) in [6.07, 6.45) is 2.65. The van der Waals surface area contributed by atoms with Crippen molar-refractivity contribution in [3.63, 3.8) is 0 Å². The van der Waals surface area contributed by atoms with Crippen molar-refractivity contribution >= 4 is 21.6 Å². The Hall–Kier alpha value is -2.58. The Morgan fingerprint density at radius 1 is 1.00 bits per heavy atom. The van der Waals surface area contributed by atoms with Crippen molar-refractivity contribution in [1.82, 2.24) is 4.31 Å². The van der Waals surface area contributed by atoms with Crippen LogP contribution in [-0.4, -0.2) is 44.9 Å².